The topological polar surface area (TPSA) is 68.2 Å². The number of aliphatic hydroxyl groups is 1. The molecule has 0 aliphatic rings. The maximum absolute atomic E-state index is 10.4. The lowest BCUT2D eigenvalue weighted by Gasteiger charge is -2.08. The van der Waals surface area contributed by atoms with Crippen LogP contribution >= 0.6 is 22.6 Å². The number of aryl methyl sites for hydroxylation is 2. The van der Waals surface area contributed by atoms with Crippen LogP contribution in [-0.4, -0.2) is 31.4 Å². The molecular weight excluding hydrogens is 345 g/mol. The van der Waals surface area contributed by atoms with Gasteiger partial charge in [-0.3, -0.25) is 14.4 Å². The molecule has 6 nitrogen and oxygen atoms in total. The summed E-state index contributed by atoms with van der Waals surface area (Å²) < 4.78 is 4.13. The summed E-state index contributed by atoms with van der Waals surface area (Å²) >= 11 is 2.11. The van der Waals surface area contributed by atoms with Gasteiger partial charge in [-0.15, -0.1) is 0 Å². The Balaban J connectivity index is 2.36. The van der Waals surface area contributed by atoms with Crippen molar-refractivity contribution in [3.63, 3.8) is 0 Å². The molecule has 1 unspecified atom stereocenters. The van der Waals surface area contributed by atoms with E-state index in [4.69, 9.17) is 0 Å². The lowest BCUT2D eigenvalue weighted by molar-refractivity contribution is 0.209. The summed E-state index contributed by atoms with van der Waals surface area (Å²) in [6.07, 6.45) is 1.08. The highest BCUT2D eigenvalue weighted by Gasteiger charge is 2.20. The largest absolute Gasteiger partial charge is 0.382 e. The van der Waals surface area contributed by atoms with Crippen molar-refractivity contribution in [2.24, 2.45) is 19.1 Å². The summed E-state index contributed by atoms with van der Waals surface area (Å²) in [6, 6.07) is 1.84. The summed E-state index contributed by atoms with van der Waals surface area (Å²) in [7, 11) is 3.63. The Morgan fingerprint density at radius 1 is 1.50 bits per heavy atom. The zero-order valence-electron chi connectivity index (χ0n) is 10.2. The molecule has 2 rings (SSSR count). The van der Waals surface area contributed by atoms with Gasteiger partial charge in [0.1, 0.15) is 9.80 Å². The van der Waals surface area contributed by atoms with E-state index < -0.39 is 6.10 Å². The highest BCUT2D eigenvalue weighted by molar-refractivity contribution is 14.1. The molecule has 0 saturated carbocycles. The summed E-state index contributed by atoms with van der Waals surface area (Å²) in [5, 5.41) is 18.9. The highest BCUT2D eigenvalue weighted by atomic mass is 127. The summed E-state index contributed by atoms with van der Waals surface area (Å²) in [5.74, 6) is 0. The Labute approximate surface area is 118 Å². The first-order chi connectivity index (χ1) is 8.52. The maximum Gasteiger partial charge on any atom is 0.129 e. The molecule has 0 amide bonds. The van der Waals surface area contributed by atoms with Crippen LogP contribution in [0.2, 0.25) is 0 Å². The Morgan fingerprint density at radius 3 is 2.78 bits per heavy atom. The zero-order valence-corrected chi connectivity index (χ0v) is 12.4. The van der Waals surface area contributed by atoms with Crippen LogP contribution in [0.5, 0.6) is 0 Å². The van der Waals surface area contributed by atoms with Crippen molar-refractivity contribution in [1.29, 1.82) is 0 Å². The standard InChI is InChI=1S/C11H14IN5O/c1-13-5-7-4-9(17(3)14-7)10(18)8-6-16(2)15-11(8)12/h4,6,10,18H,1,5H2,2-3H3. The molecule has 0 aromatic carbocycles. The number of hydrogen-bond acceptors (Lipinski definition) is 4. The quantitative estimate of drug-likeness (QED) is 0.655. The van der Waals surface area contributed by atoms with Crippen molar-refractivity contribution >= 4 is 29.3 Å². The Kier molecular flexibility index (Phi) is 3.81. The van der Waals surface area contributed by atoms with Gasteiger partial charge in [-0.2, -0.15) is 10.2 Å². The maximum atomic E-state index is 10.4. The molecule has 18 heavy (non-hydrogen) atoms. The highest BCUT2D eigenvalue weighted by Crippen LogP contribution is 2.25. The van der Waals surface area contributed by atoms with E-state index in [1.165, 1.54) is 0 Å². The molecule has 0 saturated heterocycles. The molecule has 2 aromatic rings. The first kappa shape index (κ1) is 13.2. The second kappa shape index (κ2) is 5.19. The van der Waals surface area contributed by atoms with Gasteiger partial charge in [0.15, 0.2) is 0 Å². The molecule has 2 heterocycles. The smallest absolute Gasteiger partial charge is 0.129 e. The van der Waals surface area contributed by atoms with Crippen LogP contribution in [0.3, 0.4) is 0 Å². The second-order valence-electron chi connectivity index (χ2n) is 4.02. The van der Waals surface area contributed by atoms with Gasteiger partial charge >= 0.3 is 0 Å². The van der Waals surface area contributed by atoms with E-state index in [-0.39, 0.29) is 0 Å². The van der Waals surface area contributed by atoms with Crippen LogP contribution < -0.4 is 0 Å². The fourth-order valence-corrected chi connectivity index (χ4v) is 2.59. The van der Waals surface area contributed by atoms with Crippen molar-refractivity contribution in [2.45, 2.75) is 12.6 Å². The third-order valence-electron chi connectivity index (χ3n) is 2.62. The number of hydrogen-bond donors (Lipinski definition) is 1. The molecule has 0 aliphatic carbocycles. The normalized spacial score (nSPS) is 12.7. The van der Waals surface area contributed by atoms with Crippen LogP contribution in [0.15, 0.2) is 17.3 Å². The minimum Gasteiger partial charge on any atom is -0.382 e. The molecular formula is C11H14IN5O. The lowest BCUT2D eigenvalue weighted by atomic mass is 10.1. The molecule has 0 aliphatic heterocycles. The van der Waals surface area contributed by atoms with Crippen LogP contribution in [-0.2, 0) is 20.6 Å². The minimum absolute atomic E-state index is 0.449. The molecule has 1 atom stereocenters. The zero-order chi connectivity index (χ0) is 13.3. The van der Waals surface area contributed by atoms with Gasteiger partial charge < -0.3 is 5.11 Å². The van der Waals surface area contributed by atoms with Crippen molar-refractivity contribution in [3.8, 4) is 0 Å². The van der Waals surface area contributed by atoms with E-state index in [9.17, 15) is 5.11 Å². The fraction of sp³-hybridized carbons (Fsp3) is 0.364. The number of aliphatic hydroxyl groups excluding tert-OH is 1. The van der Waals surface area contributed by atoms with E-state index in [0.717, 1.165) is 20.7 Å². The molecule has 2 aromatic heterocycles. The fourth-order valence-electron chi connectivity index (χ4n) is 1.81. The number of halogens is 1. The molecule has 0 spiro atoms. The van der Waals surface area contributed by atoms with Gasteiger partial charge in [-0.25, -0.2) is 0 Å². The molecule has 0 bridgehead atoms. The summed E-state index contributed by atoms with van der Waals surface area (Å²) in [5.41, 5.74) is 2.29. The van der Waals surface area contributed by atoms with Crippen molar-refractivity contribution < 1.29 is 5.11 Å². The summed E-state index contributed by atoms with van der Waals surface area (Å²) in [6.45, 7) is 3.89. The van der Waals surface area contributed by atoms with Crippen molar-refractivity contribution in [2.75, 3.05) is 0 Å². The van der Waals surface area contributed by atoms with Gasteiger partial charge in [-0.05, 0) is 35.4 Å². The number of nitrogens with zero attached hydrogens (tertiary/aromatic N) is 5. The predicted octanol–water partition coefficient (Wildman–Crippen LogP) is 1.04. The minimum atomic E-state index is -0.735. The van der Waals surface area contributed by atoms with E-state index in [1.54, 1.807) is 16.4 Å². The van der Waals surface area contributed by atoms with Gasteiger partial charge in [0.2, 0.25) is 0 Å². The summed E-state index contributed by atoms with van der Waals surface area (Å²) in [4.78, 5) is 3.79. The molecule has 1 N–H and O–H groups in total. The van der Waals surface area contributed by atoms with Crippen molar-refractivity contribution in [3.05, 3.63) is 32.9 Å². The van der Waals surface area contributed by atoms with Crippen LogP contribution in [0.4, 0.5) is 0 Å². The van der Waals surface area contributed by atoms with E-state index in [1.807, 2.05) is 19.3 Å². The monoisotopic (exact) mass is 359 g/mol. The number of aliphatic imine (C=N–C) groups is 1. The predicted molar refractivity (Wildman–Crippen MR) is 76.4 cm³/mol. The molecule has 0 radical (unpaired) electrons. The van der Waals surface area contributed by atoms with E-state index in [2.05, 4.69) is 44.5 Å². The number of aromatic nitrogens is 4. The Hall–Kier alpha value is -1.22. The lowest BCUT2D eigenvalue weighted by Crippen LogP contribution is -2.07. The van der Waals surface area contributed by atoms with Gasteiger partial charge in [0.05, 0.1) is 17.9 Å². The van der Waals surface area contributed by atoms with Crippen LogP contribution in [0, 0.1) is 3.70 Å². The second-order valence-corrected chi connectivity index (χ2v) is 5.04. The first-order valence-corrected chi connectivity index (χ1v) is 6.43. The third kappa shape index (κ3) is 2.46. The van der Waals surface area contributed by atoms with E-state index in [0.29, 0.717) is 6.54 Å². The molecule has 0 fully saturated rings. The van der Waals surface area contributed by atoms with Crippen LogP contribution in [0.25, 0.3) is 0 Å². The SMILES string of the molecule is C=NCc1cc(C(O)c2cn(C)nc2I)n(C)n1. The molecule has 7 heteroatoms. The van der Waals surface area contributed by atoms with Crippen LogP contribution in [0.1, 0.15) is 23.1 Å². The van der Waals surface area contributed by atoms with Gasteiger partial charge in [-0.1, -0.05) is 0 Å². The Bertz CT molecular complexity index is 574. The average Bonchev–Trinajstić information content (AvgIpc) is 2.82. The first-order valence-electron chi connectivity index (χ1n) is 5.35. The van der Waals surface area contributed by atoms with Gasteiger partial charge in [0.25, 0.3) is 0 Å². The third-order valence-corrected chi connectivity index (χ3v) is 3.46. The number of rotatable bonds is 4. The Morgan fingerprint density at radius 2 is 2.22 bits per heavy atom. The van der Waals surface area contributed by atoms with E-state index >= 15 is 0 Å². The average molecular weight is 359 g/mol. The van der Waals surface area contributed by atoms with Crippen molar-refractivity contribution in [1.82, 2.24) is 19.6 Å². The van der Waals surface area contributed by atoms with Gasteiger partial charge in [0, 0.05) is 25.9 Å². The molecule has 96 valence electrons.